The monoisotopic (exact) mass is 269 g/mol. The topological polar surface area (TPSA) is 35.2 Å². The molecule has 0 amide bonds. The normalized spacial score (nSPS) is 25.0. The summed E-state index contributed by atoms with van der Waals surface area (Å²) >= 11 is 3.50. The Morgan fingerprint density at radius 2 is 2.33 bits per heavy atom. The molecule has 1 aromatic rings. The first-order valence-corrected chi connectivity index (χ1v) is 6.05. The van der Waals surface area contributed by atoms with Crippen molar-refractivity contribution in [3.8, 4) is 0 Å². The molecule has 0 bridgehead atoms. The Hall–Kier alpha value is -0.380. The maximum Gasteiger partial charge on any atom is 0.105 e. The van der Waals surface area contributed by atoms with Crippen LogP contribution in [0.25, 0.3) is 0 Å². The second-order valence-electron chi connectivity index (χ2n) is 4.06. The van der Waals surface area contributed by atoms with Gasteiger partial charge in [-0.3, -0.25) is 0 Å². The van der Waals surface area contributed by atoms with Crippen LogP contribution in [0, 0.1) is 0 Å². The first-order chi connectivity index (χ1) is 7.22. The van der Waals surface area contributed by atoms with Gasteiger partial charge in [0.1, 0.15) is 5.60 Å². The van der Waals surface area contributed by atoms with Crippen LogP contribution in [0.1, 0.15) is 24.0 Å². The van der Waals surface area contributed by atoms with Gasteiger partial charge in [0.2, 0.25) is 0 Å². The molecule has 0 heterocycles. The van der Waals surface area contributed by atoms with Gasteiger partial charge in [0.05, 0.1) is 0 Å². The van der Waals surface area contributed by atoms with E-state index in [1.54, 1.807) is 7.11 Å². The van der Waals surface area contributed by atoms with Crippen LogP contribution < -0.4 is 5.73 Å². The summed E-state index contributed by atoms with van der Waals surface area (Å²) in [6.07, 6.45) is 3.29. The van der Waals surface area contributed by atoms with Crippen molar-refractivity contribution in [1.29, 1.82) is 0 Å². The number of benzene rings is 1. The van der Waals surface area contributed by atoms with Crippen LogP contribution >= 0.6 is 15.9 Å². The standard InChI is InChI=1S/C12H16BrNO/c1-15-12(8-14)6-2-3-9-7-10(13)4-5-11(9)12/h4-5,7H,2-3,6,8,14H2,1H3. The van der Waals surface area contributed by atoms with Gasteiger partial charge < -0.3 is 10.5 Å². The predicted molar refractivity (Wildman–Crippen MR) is 64.8 cm³/mol. The highest BCUT2D eigenvalue weighted by atomic mass is 79.9. The minimum Gasteiger partial charge on any atom is -0.372 e. The predicted octanol–water partition coefficient (Wildman–Crippen LogP) is 2.59. The first kappa shape index (κ1) is 11.1. The highest BCUT2D eigenvalue weighted by molar-refractivity contribution is 9.10. The van der Waals surface area contributed by atoms with E-state index in [1.165, 1.54) is 11.1 Å². The lowest BCUT2D eigenvalue weighted by atomic mass is 9.79. The first-order valence-electron chi connectivity index (χ1n) is 5.26. The van der Waals surface area contributed by atoms with Crippen LogP contribution in [0.5, 0.6) is 0 Å². The SMILES string of the molecule is COC1(CN)CCCc2cc(Br)ccc21. The van der Waals surface area contributed by atoms with E-state index in [1.807, 2.05) is 0 Å². The van der Waals surface area contributed by atoms with E-state index in [0.717, 1.165) is 23.7 Å². The quantitative estimate of drug-likeness (QED) is 0.896. The van der Waals surface area contributed by atoms with E-state index in [2.05, 4.69) is 34.1 Å². The lowest BCUT2D eigenvalue weighted by Gasteiger charge is -2.37. The van der Waals surface area contributed by atoms with Gasteiger partial charge in [-0.25, -0.2) is 0 Å². The average Bonchev–Trinajstić information content (AvgIpc) is 2.27. The minimum absolute atomic E-state index is 0.256. The Bertz CT molecular complexity index is 361. The lowest BCUT2D eigenvalue weighted by Crippen LogP contribution is -2.40. The molecular formula is C12H16BrNO. The van der Waals surface area contributed by atoms with Crippen molar-refractivity contribution in [2.24, 2.45) is 5.73 Å². The van der Waals surface area contributed by atoms with Gasteiger partial charge in [-0.1, -0.05) is 22.0 Å². The van der Waals surface area contributed by atoms with Crippen molar-refractivity contribution in [1.82, 2.24) is 0 Å². The number of halogens is 1. The van der Waals surface area contributed by atoms with Crippen LogP contribution in [-0.2, 0) is 16.8 Å². The average molecular weight is 270 g/mol. The fourth-order valence-electron chi connectivity index (χ4n) is 2.42. The zero-order chi connectivity index (χ0) is 10.9. The number of hydrogen-bond donors (Lipinski definition) is 1. The molecule has 1 atom stereocenters. The molecule has 0 aromatic heterocycles. The van der Waals surface area contributed by atoms with Crippen molar-refractivity contribution in [2.75, 3.05) is 13.7 Å². The number of hydrogen-bond acceptors (Lipinski definition) is 2. The molecule has 1 aliphatic carbocycles. The molecule has 0 aliphatic heterocycles. The van der Waals surface area contributed by atoms with Gasteiger partial charge >= 0.3 is 0 Å². The molecule has 1 unspecified atom stereocenters. The molecule has 0 fully saturated rings. The summed E-state index contributed by atoms with van der Waals surface area (Å²) in [4.78, 5) is 0. The van der Waals surface area contributed by atoms with Crippen LogP contribution in [0.2, 0.25) is 0 Å². The van der Waals surface area contributed by atoms with Gasteiger partial charge in [0.15, 0.2) is 0 Å². The number of fused-ring (bicyclic) bond motifs is 1. The second-order valence-corrected chi connectivity index (χ2v) is 4.97. The van der Waals surface area contributed by atoms with Crippen LogP contribution in [0.15, 0.2) is 22.7 Å². The Labute approximate surface area is 98.9 Å². The molecule has 0 saturated heterocycles. The van der Waals surface area contributed by atoms with Gasteiger partial charge in [-0.15, -0.1) is 0 Å². The van der Waals surface area contributed by atoms with Gasteiger partial charge in [-0.2, -0.15) is 0 Å². The van der Waals surface area contributed by atoms with E-state index in [4.69, 9.17) is 10.5 Å². The highest BCUT2D eigenvalue weighted by Gasteiger charge is 2.35. The van der Waals surface area contributed by atoms with Crippen molar-refractivity contribution < 1.29 is 4.74 Å². The maximum absolute atomic E-state index is 5.86. The molecule has 82 valence electrons. The van der Waals surface area contributed by atoms with Crippen molar-refractivity contribution in [3.63, 3.8) is 0 Å². The Morgan fingerprint density at radius 3 is 3.00 bits per heavy atom. The van der Waals surface area contributed by atoms with E-state index in [9.17, 15) is 0 Å². The molecular weight excluding hydrogens is 254 g/mol. The third-order valence-electron chi connectivity index (χ3n) is 3.31. The number of methoxy groups -OCH3 is 1. The fraction of sp³-hybridized carbons (Fsp3) is 0.500. The fourth-order valence-corrected chi connectivity index (χ4v) is 2.83. The lowest BCUT2D eigenvalue weighted by molar-refractivity contribution is -0.0211. The molecule has 2 rings (SSSR count). The van der Waals surface area contributed by atoms with Crippen LogP contribution in [0.3, 0.4) is 0 Å². The highest BCUT2D eigenvalue weighted by Crippen LogP contribution is 2.38. The molecule has 0 spiro atoms. The van der Waals surface area contributed by atoms with Crippen LogP contribution in [0.4, 0.5) is 0 Å². The smallest absolute Gasteiger partial charge is 0.105 e. The second kappa shape index (κ2) is 4.24. The molecule has 1 aromatic carbocycles. The summed E-state index contributed by atoms with van der Waals surface area (Å²) < 4.78 is 6.78. The molecule has 0 radical (unpaired) electrons. The Balaban J connectivity index is 2.50. The number of aryl methyl sites for hydroxylation is 1. The Morgan fingerprint density at radius 1 is 1.53 bits per heavy atom. The molecule has 3 heteroatoms. The molecule has 2 N–H and O–H groups in total. The summed E-state index contributed by atoms with van der Waals surface area (Å²) in [7, 11) is 1.75. The summed E-state index contributed by atoms with van der Waals surface area (Å²) in [6.45, 7) is 0.554. The minimum atomic E-state index is -0.256. The summed E-state index contributed by atoms with van der Waals surface area (Å²) in [5, 5.41) is 0. The number of rotatable bonds is 2. The van der Waals surface area contributed by atoms with Crippen molar-refractivity contribution in [2.45, 2.75) is 24.9 Å². The van der Waals surface area contributed by atoms with E-state index in [0.29, 0.717) is 6.54 Å². The number of nitrogens with two attached hydrogens (primary N) is 1. The zero-order valence-corrected chi connectivity index (χ0v) is 10.5. The van der Waals surface area contributed by atoms with Gasteiger partial charge in [0.25, 0.3) is 0 Å². The van der Waals surface area contributed by atoms with E-state index < -0.39 is 0 Å². The largest absolute Gasteiger partial charge is 0.372 e. The summed E-state index contributed by atoms with van der Waals surface area (Å²) in [5.74, 6) is 0. The Kier molecular flexibility index (Phi) is 3.14. The van der Waals surface area contributed by atoms with Crippen LogP contribution in [-0.4, -0.2) is 13.7 Å². The van der Waals surface area contributed by atoms with E-state index >= 15 is 0 Å². The maximum atomic E-state index is 5.86. The van der Waals surface area contributed by atoms with Crippen molar-refractivity contribution >= 4 is 15.9 Å². The number of ether oxygens (including phenoxy) is 1. The molecule has 0 saturated carbocycles. The van der Waals surface area contributed by atoms with Gasteiger partial charge in [0, 0.05) is 18.1 Å². The molecule has 15 heavy (non-hydrogen) atoms. The molecule has 1 aliphatic rings. The van der Waals surface area contributed by atoms with Crippen molar-refractivity contribution in [3.05, 3.63) is 33.8 Å². The third-order valence-corrected chi connectivity index (χ3v) is 3.80. The van der Waals surface area contributed by atoms with E-state index in [-0.39, 0.29) is 5.60 Å². The van der Waals surface area contributed by atoms with Gasteiger partial charge in [-0.05, 0) is 42.5 Å². The summed E-state index contributed by atoms with van der Waals surface area (Å²) in [5.41, 5.74) is 8.24. The summed E-state index contributed by atoms with van der Waals surface area (Å²) in [6, 6.07) is 6.38. The zero-order valence-electron chi connectivity index (χ0n) is 8.92. The third kappa shape index (κ3) is 1.84. The molecule has 2 nitrogen and oxygen atoms in total.